The number of carbonyl (C=O) groups excluding carboxylic acids is 1. The third kappa shape index (κ3) is 3.61. The van der Waals surface area contributed by atoms with Gasteiger partial charge in [0.2, 0.25) is 11.2 Å². The molecule has 0 aliphatic heterocycles. The lowest BCUT2D eigenvalue weighted by Crippen LogP contribution is -2.16. The van der Waals surface area contributed by atoms with Crippen LogP contribution in [0.2, 0.25) is 5.28 Å². The predicted molar refractivity (Wildman–Crippen MR) is 82.4 cm³/mol. The first-order chi connectivity index (χ1) is 10.0. The van der Waals surface area contributed by atoms with E-state index in [1.165, 1.54) is 6.92 Å². The summed E-state index contributed by atoms with van der Waals surface area (Å²) >= 11 is 5.82. The summed E-state index contributed by atoms with van der Waals surface area (Å²) in [7, 11) is 3.40. The number of rotatable bonds is 4. The molecule has 21 heavy (non-hydrogen) atoms. The van der Waals surface area contributed by atoms with Gasteiger partial charge in [-0.15, -0.1) is 0 Å². The fraction of sp³-hybridized carbons (Fsp3) is 0.214. The number of nitrogens with one attached hydrogen (secondary N) is 1. The SMILES string of the molecule is COc1ccc(NC(C)=O)c(N(C)c2ccnc(Cl)n2)c1. The molecule has 0 atom stereocenters. The molecule has 1 aromatic heterocycles. The Morgan fingerprint density at radius 3 is 2.76 bits per heavy atom. The molecule has 0 spiro atoms. The molecular weight excluding hydrogens is 292 g/mol. The highest BCUT2D eigenvalue weighted by molar-refractivity contribution is 6.28. The van der Waals surface area contributed by atoms with E-state index in [-0.39, 0.29) is 11.2 Å². The maximum absolute atomic E-state index is 11.3. The summed E-state index contributed by atoms with van der Waals surface area (Å²) in [6.07, 6.45) is 1.57. The zero-order valence-electron chi connectivity index (χ0n) is 11.9. The second-order valence-electron chi connectivity index (χ2n) is 4.31. The number of hydrogen-bond donors (Lipinski definition) is 1. The van der Waals surface area contributed by atoms with Crippen molar-refractivity contribution in [1.29, 1.82) is 0 Å². The number of hydrogen-bond acceptors (Lipinski definition) is 5. The molecule has 1 heterocycles. The minimum atomic E-state index is -0.157. The molecule has 0 fully saturated rings. The van der Waals surface area contributed by atoms with E-state index in [0.717, 1.165) is 5.69 Å². The highest BCUT2D eigenvalue weighted by Crippen LogP contribution is 2.33. The molecule has 2 aromatic rings. The van der Waals surface area contributed by atoms with Crippen LogP contribution < -0.4 is 15.0 Å². The van der Waals surface area contributed by atoms with Crippen molar-refractivity contribution in [2.75, 3.05) is 24.4 Å². The van der Waals surface area contributed by atoms with E-state index in [1.54, 1.807) is 42.5 Å². The van der Waals surface area contributed by atoms with Crippen molar-refractivity contribution in [3.8, 4) is 5.75 Å². The summed E-state index contributed by atoms with van der Waals surface area (Å²) < 4.78 is 5.23. The van der Waals surface area contributed by atoms with Gasteiger partial charge in [0.1, 0.15) is 11.6 Å². The van der Waals surface area contributed by atoms with Gasteiger partial charge in [0.15, 0.2) is 0 Å². The van der Waals surface area contributed by atoms with Crippen LogP contribution in [0.25, 0.3) is 0 Å². The van der Waals surface area contributed by atoms with Gasteiger partial charge in [0.25, 0.3) is 0 Å². The number of aromatic nitrogens is 2. The standard InChI is InChI=1S/C14H15ClN4O2/c1-9(20)17-11-5-4-10(21-3)8-12(11)19(2)13-6-7-16-14(15)18-13/h4-8H,1-3H3,(H,17,20). The molecule has 0 unspecified atom stereocenters. The van der Waals surface area contributed by atoms with Crippen molar-refractivity contribution >= 4 is 34.7 Å². The lowest BCUT2D eigenvalue weighted by atomic mass is 10.2. The molecule has 0 aliphatic carbocycles. The van der Waals surface area contributed by atoms with Crippen molar-refractivity contribution in [2.24, 2.45) is 0 Å². The summed E-state index contributed by atoms with van der Waals surface area (Å²) in [4.78, 5) is 21.1. The van der Waals surface area contributed by atoms with Crippen LogP contribution in [-0.2, 0) is 4.79 Å². The minimum absolute atomic E-state index is 0.156. The highest BCUT2D eigenvalue weighted by Gasteiger charge is 2.13. The fourth-order valence-corrected chi connectivity index (χ4v) is 1.99. The van der Waals surface area contributed by atoms with E-state index in [9.17, 15) is 4.79 Å². The summed E-state index contributed by atoms with van der Waals surface area (Å²) in [5.74, 6) is 1.12. The van der Waals surface area contributed by atoms with E-state index >= 15 is 0 Å². The summed E-state index contributed by atoms with van der Waals surface area (Å²) in [6.45, 7) is 1.45. The van der Waals surface area contributed by atoms with Crippen molar-refractivity contribution in [3.05, 3.63) is 35.7 Å². The third-order valence-electron chi connectivity index (χ3n) is 2.83. The van der Waals surface area contributed by atoms with Crippen molar-refractivity contribution in [2.45, 2.75) is 6.92 Å². The fourth-order valence-electron chi connectivity index (χ4n) is 1.85. The van der Waals surface area contributed by atoms with Crippen LogP contribution in [0.1, 0.15) is 6.92 Å². The Bertz CT molecular complexity index is 663. The molecule has 1 amide bonds. The van der Waals surface area contributed by atoms with E-state index < -0.39 is 0 Å². The quantitative estimate of drug-likeness (QED) is 0.880. The maximum atomic E-state index is 11.3. The Kier molecular flexibility index (Phi) is 4.59. The van der Waals surface area contributed by atoms with Gasteiger partial charge in [0, 0.05) is 26.2 Å². The first kappa shape index (κ1) is 15.1. The van der Waals surface area contributed by atoms with Gasteiger partial charge in [-0.3, -0.25) is 4.79 Å². The van der Waals surface area contributed by atoms with Crippen molar-refractivity contribution in [3.63, 3.8) is 0 Å². The van der Waals surface area contributed by atoms with Gasteiger partial charge in [-0.05, 0) is 29.8 Å². The minimum Gasteiger partial charge on any atom is -0.497 e. The molecule has 110 valence electrons. The average molecular weight is 307 g/mol. The van der Waals surface area contributed by atoms with Crippen molar-refractivity contribution in [1.82, 2.24) is 9.97 Å². The van der Waals surface area contributed by atoms with Crippen LogP contribution in [0.3, 0.4) is 0 Å². The normalized spacial score (nSPS) is 10.1. The van der Waals surface area contributed by atoms with E-state index in [2.05, 4.69) is 15.3 Å². The Labute approximate surface area is 127 Å². The monoisotopic (exact) mass is 306 g/mol. The summed E-state index contributed by atoms with van der Waals surface area (Å²) in [5, 5.41) is 2.93. The maximum Gasteiger partial charge on any atom is 0.224 e. The van der Waals surface area contributed by atoms with Gasteiger partial charge in [-0.2, -0.15) is 0 Å². The summed E-state index contributed by atoms with van der Waals surface area (Å²) in [5.41, 5.74) is 1.39. The molecule has 0 aliphatic rings. The molecule has 0 saturated heterocycles. The van der Waals surface area contributed by atoms with Crippen LogP contribution in [0.15, 0.2) is 30.5 Å². The largest absolute Gasteiger partial charge is 0.497 e. The summed E-state index contributed by atoms with van der Waals surface area (Å²) in [6, 6.07) is 7.08. The molecule has 0 saturated carbocycles. The number of halogens is 1. The Hall–Kier alpha value is -2.34. The van der Waals surface area contributed by atoms with Gasteiger partial charge in [-0.25, -0.2) is 9.97 Å². The average Bonchev–Trinajstić information content (AvgIpc) is 2.46. The number of benzene rings is 1. The van der Waals surface area contributed by atoms with Gasteiger partial charge in [-0.1, -0.05) is 0 Å². The molecule has 2 rings (SSSR count). The molecule has 0 radical (unpaired) electrons. The van der Waals surface area contributed by atoms with Gasteiger partial charge < -0.3 is 15.0 Å². The van der Waals surface area contributed by atoms with E-state index in [1.807, 2.05) is 7.05 Å². The number of nitrogens with zero attached hydrogens (tertiary/aromatic N) is 3. The Morgan fingerprint density at radius 1 is 1.38 bits per heavy atom. The van der Waals surface area contributed by atoms with Crippen LogP contribution in [0.4, 0.5) is 17.2 Å². The second-order valence-corrected chi connectivity index (χ2v) is 4.65. The lowest BCUT2D eigenvalue weighted by Gasteiger charge is -2.22. The third-order valence-corrected chi connectivity index (χ3v) is 3.01. The zero-order valence-corrected chi connectivity index (χ0v) is 12.7. The Morgan fingerprint density at radius 2 is 2.14 bits per heavy atom. The lowest BCUT2D eigenvalue weighted by molar-refractivity contribution is -0.114. The topological polar surface area (TPSA) is 67.3 Å². The smallest absolute Gasteiger partial charge is 0.224 e. The number of amides is 1. The van der Waals surface area contributed by atoms with Crippen molar-refractivity contribution < 1.29 is 9.53 Å². The molecule has 0 bridgehead atoms. The molecule has 6 nitrogen and oxygen atoms in total. The number of carbonyl (C=O) groups is 1. The van der Waals surface area contributed by atoms with Crippen LogP contribution >= 0.6 is 11.6 Å². The molecular formula is C14H15ClN4O2. The van der Waals surface area contributed by atoms with Crippen LogP contribution in [0.5, 0.6) is 5.75 Å². The zero-order chi connectivity index (χ0) is 15.4. The predicted octanol–water partition coefficient (Wildman–Crippen LogP) is 2.86. The van der Waals surface area contributed by atoms with Gasteiger partial charge >= 0.3 is 0 Å². The molecule has 1 aromatic carbocycles. The first-order valence-corrected chi connectivity index (χ1v) is 6.57. The first-order valence-electron chi connectivity index (χ1n) is 6.19. The Balaban J connectivity index is 2.46. The highest BCUT2D eigenvalue weighted by atomic mass is 35.5. The number of methoxy groups -OCH3 is 1. The number of anilines is 3. The van der Waals surface area contributed by atoms with Crippen LogP contribution in [-0.4, -0.2) is 30.0 Å². The number of ether oxygens (including phenoxy) is 1. The van der Waals surface area contributed by atoms with Gasteiger partial charge in [0.05, 0.1) is 18.5 Å². The van der Waals surface area contributed by atoms with Crippen LogP contribution in [0, 0.1) is 0 Å². The molecule has 7 heteroatoms. The molecule has 1 N–H and O–H groups in total. The second kappa shape index (κ2) is 6.41. The van der Waals surface area contributed by atoms with E-state index in [4.69, 9.17) is 16.3 Å². The van der Waals surface area contributed by atoms with E-state index in [0.29, 0.717) is 17.3 Å².